The van der Waals surface area contributed by atoms with Crippen molar-refractivity contribution in [3.05, 3.63) is 0 Å². The first kappa shape index (κ1) is 11.6. The minimum atomic E-state index is -0.523. The van der Waals surface area contributed by atoms with Crippen molar-refractivity contribution in [1.82, 2.24) is 10.3 Å². The Morgan fingerprint density at radius 3 is 2.67 bits per heavy atom. The third-order valence-corrected chi connectivity index (χ3v) is 2.77. The van der Waals surface area contributed by atoms with Crippen molar-refractivity contribution >= 4 is 18.1 Å². The van der Waals surface area contributed by atoms with Gasteiger partial charge in [-0.3, -0.25) is 15.0 Å². The number of carbonyl (C=O) groups excluding carboxylic acids is 3. The van der Waals surface area contributed by atoms with Gasteiger partial charge in [-0.05, 0) is 6.42 Å². The summed E-state index contributed by atoms with van der Waals surface area (Å²) in [4.78, 5) is 34.8. The van der Waals surface area contributed by atoms with Crippen LogP contribution < -0.4 is 11.3 Å². The SMILES string of the molecule is CC(=O)N1CC[C@H](C=O)[C@@H](C(=O)NN)C1. The van der Waals surface area contributed by atoms with Crippen LogP contribution in [-0.2, 0) is 14.4 Å². The van der Waals surface area contributed by atoms with Crippen molar-refractivity contribution in [2.45, 2.75) is 13.3 Å². The Balaban J connectivity index is 2.73. The molecule has 84 valence electrons. The predicted molar refractivity (Wildman–Crippen MR) is 52.2 cm³/mol. The van der Waals surface area contributed by atoms with Crippen LogP contribution >= 0.6 is 0 Å². The van der Waals surface area contributed by atoms with Crippen LogP contribution in [0.4, 0.5) is 0 Å². The van der Waals surface area contributed by atoms with Crippen molar-refractivity contribution in [2.24, 2.45) is 17.7 Å². The maximum absolute atomic E-state index is 11.4. The van der Waals surface area contributed by atoms with Crippen LogP contribution in [0.25, 0.3) is 0 Å². The van der Waals surface area contributed by atoms with E-state index in [9.17, 15) is 14.4 Å². The van der Waals surface area contributed by atoms with Crippen LogP contribution in [0.2, 0.25) is 0 Å². The van der Waals surface area contributed by atoms with Crippen LogP contribution in [0.1, 0.15) is 13.3 Å². The standard InChI is InChI=1S/C9H15N3O3/c1-6(14)12-3-2-7(5-13)8(4-12)9(15)11-10/h5,7-8H,2-4,10H2,1H3,(H,11,15)/t7-,8+/m1/s1. The molecule has 0 aromatic carbocycles. The normalized spacial score (nSPS) is 25.9. The molecular formula is C9H15N3O3. The number of nitrogens with one attached hydrogen (secondary N) is 1. The Bertz CT molecular complexity index is 280. The van der Waals surface area contributed by atoms with Gasteiger partial charge in [0.05, 0.1) is 5.92 Å². The van der Waals surface area contributed by atoms with Crippen molar-refractivity contribution in [2.75, 3.05) is 13.1 Å². The highest BCUT2D eigenvalue weighted by Crippen LogP contribution is 2.22. The van der Waals surface area contributed by atoms with E-state index in [2.05, 4.69) is 0 Å². The number of rotatable bonds is 2. The summed E-state index contributed by atoms with van der Waals surface area (Å²) in [6.45, 7) is 2.23. The lowest BCUT2D eigenvalue weighted by Gasteiger charge is -2.34. The second kappa shape index (κ2) is 4.88. The molecule has 1 saturated heterocycles. The predicted octanol–water partition coefficient (Wildman–Crippen LogP) is -1.34. The van der Waals surface area contributed by atoms with Gasteiger partial charge in [-0.1, -0.05) is 0 Å². The maximum atomic E-state index is 11.4. The van der Waals surface area contributed by atoms with Gasteiger partial charge in [-0.25, -0.2) is 5.84 Å². The fraction of sp³-hybridized carbons (Fsp3) is 0.667. The van der Waals surface area contributed by atoms with Crippen LogP contribution in [0.3, 0.4) is 0 Å². The minimum Gasteiger partial charge on any atom is -0.342 e. The van der Waals surface area contributed by atoms with E-state index in [1.807, 2.05) is 5.43 Å². The molecule has 0 spiro atoms. The zero-order valence-corrected chi connectivity index (χ0v) is 8.60. The zero-order valence-electron chi connectivity index (χ0n) is 8.60. The molecule has 3 N–H and O–H groups in total. The highest BCUT2D eigenvalue weighted by Gasteiger charge is 2.34. The first-order valence-corrected chi connectivity index (χ1v) is 4.81. The molecule has 0 saturated carbocycles. The molecule has 0 aliphatic carbocycles. The van der Waals surface area contributed by atoms with Gasteiger partial charge < -0.3 is 9.69 Å². The van der Waals surface area contributed by atoms with Gasteiger partial charge in [-0.2, -0.15) is 0 Å². The number of hydrogen-bond donors (Lipinski definition) is 2. The van der Waals surface area contributed by atoms with Gasteiger partial charge >= 0.3 is 0 Å². The highest BCUT2D eigenvalue weighted by molar-refractivity contribution is 5.83. The number of nitrogens with two attached hydrogens (primary N) is 1. The first-order valence-electron chi connectivity index (χ1n) is 4.81. The molecule has 2 atom stereocenters. The summed E-state index contributed by atoms with van der Waals surface area (Å²) in [7, 11) is 0. The van der Waals surface area contributed by atoms with Crippen LogP contribution in [0, 0.1) is 11.8 Å². The zero-order chi connectivity index (χ0) is 11.4. The summed E-state index contributed by atoms with van der Waals surface area (Å²) in [5, 5.41) is 0. The van der Waals surface area contributed by atoms with E-state index in [1.165, 1.54) is 6.92 Å². The van der Waals surface area contributed by atoms with Crippen LogP contribution in [-0.4, -0.2) is 36.1 Å². The van der Waals surface area contributed by atoms with Gasteiger partial charge in [-0.15, -0.1) is 0 Å². The Kier molecular flexibility index (Phi) is 3.79. The Hall–Kier alpha value is -1.43. The summed E-state index contributed by atoms with van der Waals surface area (Å²) in [5.74, 6) is 3.68. The number of aldehydes is 1. The monoisotopic (exact) mass is 213 g/mol. The van der Waals surface area contributed by atoms with E-state index in [4.69, 9.17) is 5.84 Å². The molecule has 0 aromatic heterocycles. The van der Waals surface area contributed by atoms with Crippen LogP contribution in [0.15, 0.2) is 0 Å². The molecule has 0 bridgehead atoms. The quantitative estimate of drug-likeness (QED) is 0.257. The average Bonchev–Trinajstić information content (AvgIpc) is 2.27. The smallest absolute Gasteiger partial charge is 0.239 e. The van der Waals surface area contributed by atoms with Gasteiger partial charge in [0.1, 0.15) is 6.29 Å². The lowest BCUT2D eigenvalue weighted by Crippen LogP contribution is -2.50. The Labute approximate surface area is 87.8 Å². The second-order valence-corrected chi connectivity index (χ2v) is 3.67. The maximum Gasteiger partial charge on any atom is 0.239 e. The summed E-state index contributed by atoms with van der Waals surface area (Å²) in [5.41, 5.74) is 2.02. The first-order chi connectivity index (χ1) is 7.10. The number of amides is 2. The average molecular weight is 213 g/mol. The molecule has 0 unspecified atom stereocenters. The molecule has 0 aromatic rings. The van der Waals surface area contributed by atoms with Gasteiger partial charge in [0.15, 0.2) is 0 Å². The molecule has 1 heterocycles. The minimum absolute atomic E-state index is 0.0887. The molecule has 6 heteroatoms. The molecule has 6 nitrogen and oxygen atoms in total. The van der Waals surface area contributed by atoms with Crippen molar-refractivity contribution in [3.8, 4) is 0 Å². The van der Waals surface area contributed by atoms with E-state index in [0.717, 1.165) is 6.29 Å². The van der Waals surface area contributed by atoms with E-state index < -0.39 is 11.8 Å². The Morgan fingerprint density at radius 2 is 2.20 bits per heavy atom. The highest BCUT2D eigenvalue weighted by atomic mass is 16.2. The fourth-order valence-electron chi connectivity index (χ4n) is 1.80. The van der Waals surface area contributed by atoms with Crippen molar-refractivity contribution < 1.29 is 14.4 Å². The molecular weight excluding hydrogens is 198 g/mol. The number of piperidine rings is 1. The van der Waals surface area contributed by atoms with E-state index in [1.54, 1.807) is 4.90 Å². The van der Waals surface area contributed by atoms with E-state index in [0.29, 0.717) is 13.0 Å². The number of likely N-dealkylation sites (tertiary alicyclic amines) is 1. The number of hydrazine groups is 1. The van der Waals surface area contributed by atoms with Gasteiger partial charge in [0, 0.05) is 25.9 Å². The largest absolute Gasteiger partial charge is 0.342 e. The van der Waals surface area contributed by atoms with Gasteiger partial charge in [0.25, 0.3) is 0 Å². The Morgan fingerprint density at radius 1 is 1.53 bits per heavy atom. The van der Waals surface area contributed by atoms with Crippen LogP contribution in [0.5, 0.6) is 0 Å². The molecule has 15 heavy (non-hydrogen) atoms. The third kappa shape index (κ3) is 2.53. The lowest BCUT2D eigenvalue weighted by atomic mass is 9.86. The number of carbonyl (C=O) groups is 3. The lowest BCUT2D eigenvalue weighted by molar-refractivity contribution is -0.138. The summed E-state index contributed by atoms with van der Waals surface area (Å²) < 4.78 is 0. The summed E-state index contributed by atoms with van der Waals surface area (Å²) in [6.07, 6.45) is 1.28. The second-order valence-electron chi connectivity index (χ2n) is 3.67. The fourth-order valence-corrected chi connectivity index (χ4v) is 1.80. The van der Waals surface area contributed by atoms with Crippen molar-refractivity contribution in [3.63, 3.8) is 0 Å². The number of hydrogen-bond acceptors (Lipinski definition) is 4. The topological polar surface area (TPSA) is 92.5 Å². The molecule has 0 radical (unpaired) electrons. The van der Waals surface area contributed by atoms with Gasteiger partial charge in [0.2, 0.25) is 11.8 Å². The summed E-state index contributed by atoms with van der Waals surface area (Å²) >= 11 is 0. The summed E-state index contributed by atoms with van der Waals surface area (Å²) in [6, 6.07) is 0. The van der Waals surface area contributed by atoms with Crippen molar-refractivity contribution in [1.29, 1.82) is 0 Å². The molecule has 1 aliphatic heterocycles. The molecule has 2 amide bonds. The van der Waals surface area contributed by atoms with E-state index >= 15 is 0 Å². The number of nitrogens with zero attached hydrogens (tertiary/aromatic N) is 1. The molecule has 1 fully saturated rings. The molecule has 1 rings (SSSR count). The van der Waals surface area contributed by atoms with E-state index in [-0.39, 0.29) is 18.4 Å². The molecule has 1 aliphatic rings. The third-order valence-electron chi connectivity index (χ3n) is 2.77.